The van der Waals surface area contributed by atoms with Gasteiger partial charge in [0.05, 0.1) is 18.5 Å². The van der Waals surface area contributed by atoms with E-state index in [-0.39, 0.29) is 0 Å². The third-order valence-electron chi connectivity index (χ3n) is 1.91. The maximum absolute atomic E-state index is 8.46. The molecule has 0 saturated carbocycles. The molecule has 0 spiro atoms. The number of hydrogen-bond donors (Lipinski definition) is 1. The van der Waals surface area contributed by atoms with E-state index in [0.717, 1.165) is 10.6 Å². The van der Waals surface area contributed by atoms with Crippen LogP contribution in [0, 0.1) is 0 Å². The van der Waals surface area contributed by atoms with Crippen LogP contribution in [0.25, 0.3) is 0 Å². The Morgan fingerprint density at radius 1 is 1.67 bits per heavy atom. The summed E-state index contributed by atoms with van der Waals surface area (Å²) >= 11 is 7.17. The fraction of sp³-hybridized carbons (Fsp3) is 0.111. The maximum atomic E-state index is 8.46. The van der Waals surface area contributed by atoms with Crippen molar-refractivity contribution in [3.8, 4) is 0 Å². The van der Waals surface area contributed by atoms with Gasteiger partial charge in [-0.05, 0) is 12.1 Å². The van der Waals surface area contributed by atoms with Crippen LogP contribution in [-0.4, -0.2) is 21.0 Å². The van der Waals surface area contributed by atoms with Crippen molar-refractivity contribution in [1.29, 1.82) is 0 Å². The van der Waals surface area contributed by atoms with Gasteiger partial charge < -0.3 is 9.77 Å². The lowest BCUT2D eigenvalue weighted by Gasteiger charge is -2.02. The predicted molar refractivity (Wildman–Crippen MR) is 60.0 cm³/mol. The van der Waals surface area contributed by atoms with Crippen molar-refractivity contribution in [2.24, 2.45) is 5.16 Å². The largest absolute Gasteiger partial charge is 0.411 e. The summed E-state index contributed by atoms with van der Waals surface area (Å²) in [6, 6.07) is 3.75. The molecule has 78 valence electrons. The highest BCUT2D eigenvalue weighted by Crippen LogP contribution is 2.19. The van der Waals surface area contributed by atoms with Crippen LogP contribution in [0.5, 0.6) is 0 Å². The van der Waals surface area contributed by atoms with Gasteiger partial charge in [-0.2, -0.15) is 0 Å². The van der Waals surface area contributed by atoms with E-state index in [4.69, 9.17) is 16.8 Å². The number of nitrogens with zero attached hydrogens (tertiary/aromatic N) is 3. The molecule has 0 atom stereocenters. The van der Waals surface area contributed by atoms with E-state index in [2.05, 4.69) is 10.1 Å². The van der Waals surface area contributed by atoms with Crippen molar-refractivity contribution in [1.82, 2.24) is 9.55 Å². The van der Waals surface area contributed by atoms with E-state index in [9.17, 15) is 0 Å². The number of halogens is 1. The van der Waals surface area contributed by atoms with E-state index in [1.807, 2.05) is 22.9 Å². The Morgan fingerprint density at radius 3 is 3.20 bits per heavy atom. The summed E-state index contributed by atoms with van der Waals surface area (Å²) in [5.74, 6) is 0. The highest BCUT2D eigenvalue weighted by molar-refractivity contribution is 7.15. The number of aromatic nitrogens is 2. The van der Waals surface area contributed by atoms with Gasteiger partial charge in [0.15, 0.2) is 4.47 Å². The first-order valence-corrected chi connectivity index (χ1v) is 5.42. The second kappa shape index (κ2) is 4.46. The van der Waals surface area contributed by atoms with Gasteiger partial charge in [-0.1, -0.05) is 16.8 Å². The average Bonchev–Trinajstić information content (AvgIpc) is 2.78. The van der Waals surface area contributed by atoms with E-state index in [1.165, 1.54) is 17.6 Å². The number of oxime groups is 1. The Hall–Kier alpha value is -1.33. The Balaban J connectivity index is 2.20. The summed E-state index contributed by atoms with van der Waals surface area (Å²) in [5.41, 5.74) is 0.835. The molecule has 2 heterocycles. The van der Waals surface area contributed by atoms with Crippen LogP contribution >= 0.6 is 22.9 Å². The van der Waals surface area contributed by atoms with Crippen LogP contribution in [0.1, 0.15) is 10.6 Å². The molecule has 2 aromatic heterocycles. The zero-order valence-corrected chi connectivity index (χ0v) is 9.24. The molecule has 0 aliphatic heterocycles. The van der Waals surface area contributed by atoms with Crippen molar-refractivity contribution in [2.75, 3.05) is 0 Å². The van der Waals surface area contributed by atoms with Crippen LogP contribution in [0.2, 0.25) is 4.47 Å². The summed E-state index contributed by atoms with van der Waals surface area (Å²) < 4.78 is 2.48. The highest BCUT2D eigenvalue weighted by atomic mass is 35.5. The van der Waals surface area contributed by atoms with Gasteiger partial charge in [-0.3, -0.25) is 0 Å². The minimum Gasteiger partial charge on any atom is -0.411 e. The first kappa shape index (κ1) is 10.2. The van der Waals surface area contributed by atoms with Gasteiger partial charge in [-0.15, -0.1) is 11.3 Å². The summed E-state index contributed by atoms with van der Waals surface area (Å²) in [6.07, 6.45) is 5.04. The molecule has 0 fully saturated rings. The van der Waals surface area contributed by atoms with Crippen LogP contribution in [0.4, 0.5) is 0 Å². The summed E-state index contributed by atoms with van der Waals surface area (Å²) in [7, 11) is 0. The molecule has 0 aliphatic carbocycles. The second-order valence-electron chi connectivity index (χ2n) is 2.89. The zero-order chi connectivity index (χ0) is 10.7. The summed E-state index contributed by atoms with van der Waals surface area (Å²) in [5, 5.41) is 11.5. The predicted octanol–water partition coefficient (Wildman–Crippen LogP) is 2.45. The van der Waals surface area contributed by atoms with E-state index < -0.39 is 0 Å². The van der Waals surface area contributed by atoms with Crippen LogP contribution in [-0.2, 0) is 6.54 Å². The van der Waals surface area contributed by atoms with E-state index in [0.29, 0.717) is 11.0 Å². The minimum absolute atomic E-state index is 0.537. The van der Waals surface area contributed by atoms with Gasteiger partial charge in [0.2, 0.25) is 0 Å². The van der Waals surface area contributed by atoms with Crippen molar-refractivity contribution >= 4 is 29.2 Å². The lowest BCUT2D eigenvalue weighted by atomic mass is 10.4. The fourth-order valence-corrected chi connectivity index (χ4v) is 2.25. The molecule has 1 N–H and O–H groups in total. The minimum atomic E-state index is 0.537. The van der Waals surface area contributed by atoms with Gasteiger partial charge in [0.1, 0.15) is 0 Å². The van der Waals surface area contributed by atoms with Gasteiger partial charge in [0, 0.05) is 17.3 Å². The molecule has 0 aliphatic rings. The molecule has 0 saturated heterocycles. The van der Waals surface area contributed by atoms with E-state index in [1.54, 1.807) is 6.20 Å². The van der Waals surface area contributed by atoms with Gasteiger partial charge in [0.25, 0.3) is 0 Å². The normalized spacial score (nSPS) is 11.3. The molecule has 15 heavy (non-hydrogen) atoms. The Morgan fingerprint density at radius 2 is 2.53 bits per heavy atom. The molecule has 2 aromatic rings. The Bertz CT molecular complexity index is 477. The van der Waals surface area contributed by atoms with Crippen molar-refractivity contribution in [3.05, 3.63) is 39.6 Å². The Kier molecular flexibility index (Phi) is 3.03. The lowest BCUT2D eigenvalue weighted by Crippen LogP contribution is -2.00. The number of thiazole rings is 1. The van der Waals surface area contributed by atoms with Gasteiger partial charge in [-0.25, -0.2) is 4.98 Å². The van der Waals surface area contributed by atoms with Gasteiger partial charge >= 0.3 is 0 Å². The molecule has 6 heteroatoms. The second-order valence-corrected chi connectivity index (χ2v) is 4.58. The van der Waals surface area contributed by atoms with Crippen LogP contribution in [0.3, 0.4) is 0 Å². The molecule has 0 unspecified atom stereocenters. The SMILES string of the molecule is O/N=C\c1cccn1Cc1cnc(Cl)s1. The summed E-state index contributed by atoms with van der Waals surface area (Å²) in [6.45, 7) is 0.679. The highest BCUT2D eigenvalue weighted by Gasteiger charge is 2.03. The van der Waals surface area contributed by atoms with Crippen molar-refractivity contribution in [2.45, 2.75) is 6.54 Å². The third-order valence-corrected chi connectivity index (χ3v) is 3.01. The molecule has 0 aromatic carbocycles. The molecular weight excluding hydrogens is 234 g/mol. The van der Waals surface area contributed by atoms with Crippen molar-refractivity contribution in [3.63, 3.8) is 0 Å². The molecule has 0 bridgehead atoms. The zero-order valence-electron chi connectivity index (χ0n) is 7.67. The quantitative estimate of drug-likeness (QED) is 0.510. The lowest BCUT2D eigenvalue weighted by molar-refractivity contribution is 0.321. The standard InChI is InChI=1S/C9H8ClN3OS/c10-9-11-5-8(15-9)6-13-3-1-2-7(13)4-12-14/h1-5,14H,6H2/b12-4-. The average molecular weight is 242 g/mol. The molecule has 0 amide bonds. The third kappa shape index (κ3) is 2.37. The molecular formula is C9H8ClN3OS. The summed E-state index contributed by atoms with van der Waals surface area (Å²) in [4.78, 5) is 5.02. The number of hydrogen-bond acceptors (Lipinski definition) is 4. The Labute approximate surface area is 95.4 Å². The molecule has 2 rings (SSSR count). The fourth-order valence-electron chi connectivity index (χ4n) is 1.27. The van der Waals surface area contributed by atoms with Crippen molar-refractivity contribution < 1.29 is 5.21 Å². The van der Waals surface area contributed by atoms with Crippen LogP contribution in [0.15, 0.2) is 29.7 Å². The van der Waals surface area contributed by atoms with Crippen LogP contribution < -0.4 is 0 Å². The number of rotatable bonds is 3. The maximum Gasteiger partial charge on any atom is 0.183 e. The van der Waals surface area contributed by atoms with E-state index >= 15 is 0 Å². The monoisotopic (exact) mass is 241 g/mol. The molecule has 0 radical (unpaired) electrons. The first-order chi connectivity index (χ1) is 7.29. The topological polar surface area (TPSA) is 50.4 Å². The molecule has 4 nitrogen and oxygen atoms in total. The first-order valence-electron chi connectivity index (χ1n) is 4.22. The smallest absolute Gasteiger partial charge is 0.183 e.